The van der Waals surface area contributed by atoms with Gasteiger partial charge in [-0.2, -0.15) is 0 Å². The first-order valence-corrected chi connectivity index (χ1v) is 10.3. The summed E-state index contributed by atoms with van der Waals surface area (Å²) in [5.41, 5.74) is 5.26. The molecule has 0 bridgehead atoms. The van der Waals surface area contributed by atoms with Crippen LogP contribution in [-0.2, 0) is 11.3 Å². The molecule has 0 saturated carbocycles. The molecule has 0 radical (unpaired) electrons. The zero-order valence-corrected chi connectivity index (χ0v) is 17.7. The Morgan fingerprint density at radius 3 is 2.24 bits per heavy atom. The van der Waals surface area contributed by atoms with Gasteiger partial charge in [-0.15, -0.1) is 0 Å². The van der Waals surface area contributed by atoms with Gasteiger partial charge in [0.25, 0.3) is 5.91 Å². The smallest absolute Gasteiger partial charge is 0.251 e. The van der Waals surface area contributed by atoms with Gasteiger partial charge in [0.1, 0.15) is 0 Å². The van der Waals surface area contributed by atoms with Gasteiger partial charge in [0.2, 0.25) is 5.91 Å². The molecule has 0 aliphatic carbocycles. The van der Waals surface area contributed by atoms with Crippen LogP contribution in [0.2, 0.25) is 0 Å². The van der Waals surface area contributed by atoms with Crippen LogP contribution in [0.15, 0.2) is 42.5 Å². The Hall–Kier alpha value is -2.66. The first kappa shape index (κ1) is 21.1. The third kappa shape index (κ3) is 6.16. The van der Waals surface area contributed by atoms with Gasteiger partial charge >= 0.3 is 0 Å². The minimum absolute atomic E-state index is 0.0140. The van der Waals surface area contributed by atoms with E-state index in [0.29, 0.717) is 12.1 Å². The molecular formula is C24H31N3O2. The summed E-state index contributed by atoms with van der Waals surface area (Å²) in [5.74, 6) is -0.208. The van der Waals surface area contributed by atoms with Crippen LogP contribution in [-0.4, -0.2) is 54.3 Å². The highest BCUT2D eigenvalue weighted by Gasteiger charge is 2.20. The van der Waals surface area contributed by atoms with Crippen molar-refractivity contribution < 1.29 is 9.59 Å². The second-order valence-corrected chi connectivity index (χ2v) is 8.06. The van der Waals surface area contributed by atoms with Crippen molar-refractivity contribution in [3.05, 3.63) is 70.3 Å². The highest BCUT2D eigenvalue weighted by Crippen LogP contribution is 2.11. The Bertz CT molecular complexity index is 841. The fourth-order valence-electron chi connectivity index (χ4n) is 3.81. The molecule has 0 aromatic heterocycles. The highest BCUT2D eigenvalue weighted by molar-refractivity contribution is 5.96. The molecule has 1 N–H and O–H groups in total. The van der Waals surface area contributed by atoms with Gasteiger partial charge in [0.15, 0.2) is 0 Å². The summed E-state index contributed by atoms with van der Waals surface area (Å²) in [6.07, 6.45) is 0.947. The fourth-order valence-corrected chi connectivity index (χ4v) is 3.81. The van der Waals surface area contributed by atoms with E-state index in [1.165, 1.54) is 11.1 Å². The van der Waals surface area contributed by atoms with Crippen LogP contribution in [0.3, 0.4) is 0 Å². The fraction of sp³-hybridized carbons (Fsp3) is 0.417. The maximum Gasteiger partial charge on any atom is 0.251 e. The van der Waals surface area contributed by atoms with Crippen molar-refractivity contribution in [2.45, 2.75) is 33.7 Å². The number of carbonyl (C=O) groups excluding carboxylic acids is 2. The van der Waals surface area contributed by atoms with E-state index in [1.54, 1.807) is 0 Å². The number of benzene rings is 2. The molecule has 29 heavy (non-hydrogen) atoms. The summed E-state index contributed by atoms with van der Waals surface area (Å²) in [7, 11) is 0. The lowest BCUT2D eigenvalue weighted by molar-refractivity contribution is -0.130. The zero-order chi connectivity index (χ0) is 20.8. The molecule has 154 valence electrons. The Labute approximate surface area is 173 Å². The zero-order valence-electron chi connectivity index (χ0n) is 17.7. The molecule has 1 aliphatic heterocycles. The van der Waals surface area contributed by atoms with Crippen molar-refractivity contribution in [2.24, 2.45) is 0 Å². The van der Waals surface area contributed by atoms with E-state index in [9.17, 15) is 9.59 Å². The van der Waals surface area contributed by atoms with E-state index in [1.807, 2.05) is 36.9 Å². The maximum atomic E-state index is 12.6. The molecule has 5 nitrogen and oxygen atoms in total. The number of nitrogens with zero attached hydrogens (tertiary/aromatic N) is 2. The standard InChI is InChI=1S/C24H31N3O2/c1-18-5-7-21(8-6-18)17-26-9-4-10-27(12-11-26)23(28)16-25-24(29)22-14-19(2)13-20(3)15-22/h5-8,13-15H,4,9-12,16-17H2,1-3H3,(H,25,29). The largest absolute Gasteiger partial charge is 0.343 e. The number of nitrogens with one attached hydrogen (secondary N) is 1. The molecule has 0 spiro atoms. The lowest BCUT2D eigenvalue weighted by Gasteiger charge is -2.22. The number of amides is 2. The summed E-state index contributed by atoms with van der Waals surface area (Å²) >= 11 is 0. The molecule has 1 saturated heterocycles. The van der Waals surface area contributed by atoms with Crippen molar-refractivity contribution in [3.8, 4) is 0 Å². The van der Waals surface area contributed by atoms with Crippen LogP contribution in [0.25, 0.3) is 0 Å². The second kappa shape index (κ2) is 9.70. The van der Waals surface area contributed by atoms with Gasteiger partial charge in [-0.1, -0.05) is 47.0 Å². The van der Waals surface area contributed by atoms with Crippen LogP contribution >= 0.6 is 0 Å². The molecule has 3 rings (SSSR count). The summed E-state index contributed by atoms with van der Waals surface area (Å²) in [6, 6.07) is 14.4. The third-order valence-corrected chi connectivity index (χ3v) is 5.35. The summed E-state index contributed by atoms with van der Waals surface area (Å²) < 4.78 is 0. The van der Waals surface area contributed by atoms with Gasteiger partial charge in [-0.05, 0) is 44.9 Å². The minimum atomic E-state index is -0.194. The molecular weight excluding hydrogens is 362 g/mol. The Morgan fingerprint density at radius 1 is 0.862 bits per heavy atom. The molecule has 2 aromatic carbocycles. The van der Waals surface area contributed by atoms with Crippen molar-refractivity contribution in [1.82, 2.24) is 15.1 Å². The quantitative estimate of drug-likeness (QED) is 0.849. The maximum absolute atomic E-state index is 12.6. The predicted octanol–water partition coefficient (Wildman–Crippen LogP) is 3.08. The van der Waals surface area contributed by atoms with Crippen molar-refractivity contribution in [2.75, 3.05) is 32.7 Å². The highest BCUT2D eigenvalue weighted by atomic mass is 16.2. The van der Waals surface area contributed by atoms with E-state index < -0.39 is 0 Å². The van der Waals surface area contributed by atoms with Crippen LogP contribution in [0, 0.1) is 20.8 Å². The molecule has 1 heterocycles. The van der Waals surface area contributed by atoms with Gasteiger partial charge in [-0.3, -0.25) is 14.5 Å². The minimum Gasteiger partial charge on any atom is -0.343 e. The summed E-state index contributed by atoms with van der Waals surface area (Å²) in [5, 5.41) is 2.78. The van der Waals surface area contributed by atoms with Crippen molar-refractivity contribution in [1.29, 1.82) is 0 Å². The Morgan fingerprint density at radius 2 is 1.55 bits per heavy atom. The lowest BCUT2D eigenvalue weighted by Crippen LogP contribution is -2.42. The molecule has 5 heteroatoms. The normalized spacial score (nSPS) is 15.1. The second-order valence-electron chi connectivity index (χ2n) is 8.06. The average Bonchev–Trinajstić information content (AvgIpc) is 2.92. The Kier molecular flexibility index (Phi) is 7.04. The summed E-state index contributed by atoms with van der Waals surface area (Å²) in [4.78, 5) is 29.3. The molecule has 1 aliphatic rings. The van der Waals surface area contributed by atoms with Crippen LogP contribution < -0.4 is 5.32 Å². The SMILES string of the molecule is Cc1ccc(CN2CCCN(C(=O)CNC(=O)c3cc(C)cc(C)c3)CC2)cc1. The molecule has 0 unspecified atom stereocenters. The van der Waals surface area contributed by atoms with Crippen molar-refractivity contribution in [3.63, 3.8) is 0 Å². The Balaban J connectivity index is 1.48. The molecule has 2 amide bonds. The average molecular weight is 394 g/mol. The number of hydrogen-bond acceptors (Lipinski definition) is 3. The van der Waals surface area contributed by atoms with Gasteiger partial charge in [0, 0.05) is 38.3 Å². The number of carbonyl (C=O) groups is 2. The van der Waals surface area contributed by atoms with E-state index in [0.717, 1.165) is 43.7 Å². The molecule has 2 aromatic rings. The third-order valence-electron chi connectivity index (χ3n) is 5.35. The first-order chi connectivity index (χ1) is 13.9. The number of hydrogen-bond donors (Lipinski definition) is 1. The topological polar surface area (TPSA) is 52.6 Å². The summed E-state index contributed by atoms with van der Waals surface area (Å²) in [6.45, 7) is 10.3. The van der Waals surface area contributed by atoms with Crippen LogP contribution in [0.1, 0.15) is 39.0 Å². The van der Waals surface area contributed by atoms with Gasteiger partial charge < -0.3 is 10.2 Å². The number of aryl methyl sites for hydroxylation is 3. The number of rotatable bonds is 5. The van der Waals surface area contributed by atoms with Crippen molar-refractivity contribution >= 4 is 11.8 Å². The molecule has 1 fully saturated rings. The van der Waals surface area contributed by atoms with Crippen LogP contribution in [0.4, 0.5) is 0 Å². The van der Waals surface area contributed by atoms with Gasteiger partial charge in [-0.25, -0.2) is 0 Å². The van der Waals surface area contributed by atoms with E-state index in [2.05, 4.69) is 41.4 Å². The van der Waals surface area contributed by atoms with Gasteiger partial charge in [0.05, 0.1) is 6.54 Å². The first-order valence-electron chi connectivity index (χ1n) is 10.3. The monoisotopic (exact) mass is 393 g/mol. The lowest BCUT2D eigenvalue weighted by atomic mass is 10.1. The van der Waals surface area contributed by atoms with E-state index >= 15 is 0 Å². The molecule has 0 atom stereocenters. The predicted molar refractivity (Wildman–Crippen MR) is 116 cm³/mol. The van der Waals surface area contributed by atoms with E-state index in [-0.39, 0.29) is 18.4 Å². The van der Waals surface area contributed by atoms with E-state index in [4.69, 9.17) is 0 Å². The van der Waals surface area contributed by atoms with Crippen LogP contribution in [0.5, 0.6) is 0 Å².